The molecule has 0 spiro atoms. The molecule has 0 aliphatic rings. The Kier molecular flexibility index (Phi) is 38.1. The van der Waals surface area contributed by atoms with Crippen LogP contribution in [-0.4, -0.2) is 64.9 Å². The number of phosphoric ester groups is 1. The van der Waals surface area contributed by atoms with Gasteiger partial charge in [0.15, 0.2) is 6.04 Å². The lowest BCUT2D eigenvalue weighted by Gasteiger charge is -2.18. The van der Waals surface area contributed by atoms with Crippen molar-refractivity contribution >= 4 is 25.7 Å². The van der Waals surface area contributed by atoms with Crippen LogP contribution in [0.15, 0.2) is 85.1 Å². The van der Waals surface area contributed by atoms with Crippen LogP contribution in [0.2, 0.25) is 0 Å². The smallest absolute Gasteiger partial charge is 0.472 e. The Labute approximate surface area is 350 Å². The van der Waals surface area contributed by atoms with Gasteiger partial charge in [-0.25, -0.2) is 9.36 Å². The van der Waals surface area contributed by atoms with E-state index < -0.39 is 57.6 Å². The Hall–Kier alpha value is -3.34. The van der Waals surface area contributed by atoms with Crippen molar-refractivity contribution in [3.05, 3.63) is 85.1 Å². The second-order valence-electron chi connectivity index (χ2n) is 14.1. The fraction of sp³-hybridized carbons (Fsp3) is 0.630. The number of carbonyl (C=O) groups excluding carboxylic acids is 2. The number of phosphoric acid groups is 1. The number of ether oxygens (including phenoxy) is 1. The summed E-state index contributed by atoms with van der Waals surface area (Å²) in [4.78, 5) is 45.9. The summed E-state index contributed by atoms with van der Waals surface area (Å²) in [5.74, 6) is -2.45. The van der Waals surface area contributed by atoms with Gasteiger partial charge < -0.3 is 25.2 Å². The molecule has 11 nitrogen and oxygen atoms in total. The molecule has 330 valence electrons. The molecule has 0 bridgehead atoms. The molecule has 3 unspecified atom stereocenters. The zero-order chi connectivity index (χ0) is 42.8. The van der Waals surface area contributed by atoms with Crippen LogP contribution in [0.4, 0.5) is 0 Å². The topological polar surface area (TPSA) is 169 Å². The van der Waals surface area contributed by atoms with E-state index in [1.54, 1.807) is 0 Å². The molecule has 0 saturated carbocycles. The third-order valence-electron chi connectivity index (χ3n) is 8.67. The van der Waals surface area contributed by atoms with Crippen LogP contribution in [0.1, 0.15) is 155 Å². The molecule has 3 atom stereocenters. The van der Waals surface area contributed by atoms with Gasteiger partial charge in [0, 0.05) is 12.8 Å². The highest BCUT2D eigenvalue weighted by Gasteiger charge is 2.28. The highest BCUT2D eigenvalue weighted by atomic mass is 31.2. The number of carbonyl (C=O) groups is 3. The highest BCUT2D eigenvalue weighted by Crippen LogP contribution is 2.43. The largest absolute Gasteiger partial charge is 0.480 e. The van der Waals surface area contributed by atoms with Crippen molar-refractivity contribution in [1.82, 2.24) is 5.32 Å². The summed E-state index contributed by atoms with van der Waals surface area (Å²) >= 11 is 0. The summed E-state index contributed by atoms with van der Waals surface area (Å²) in [6.07, 6.45) is 48.9. The fourth-order valence-corrected chi connectivity index (χ4v) is 6.08. The maximum absolute atomic E-state index is 12.3. The van der Waals surface area contributed by atoms with Crippen molar-refractivity contribution in [2.75, 3.05) is 19.8 Å². The Morgan fingerprint density at radius 1 is 0.569 bits per heavy atom. The minimum absolute atomic E-state index is 0.102. The predicted molar refractivity (Wildman–Crippen MR) is 235 cm³/mol. The lowest BCUT2D eigenvalue weighted by atomic mass is 10.1. The van der Waals surface area contributed by atoms with E-state index in [9.17, 15) is 34.1 Å². The molecule has 0 radical (unpaired) electrons. The second kappa shape index (κ2) is 40.4. The average Bonchev–Trinajstić information content (AvgIpc) is 3.20. The van der Waals surface area contributed by atoms with E-state index in [1.807, 2.05) is 0 Å². The van der Waals surface area contributed by atoms with Crippen molar-refractivity contribution < 1.29 is 47.8 Å². The van der Waals surface area contributed by atoms with Crippen LogP contribution in [0.25, 0.3) is 0 Å². The lowest BCUT2D eigenvalue weighted by molar-refractivity contribution is -0.147. The van der Waals surface area contributed by atoms with Crippen molar-refractivity contribution in [1.29, 1.82) is 0 Å². The number of amides is 1. The molecule has 0 aliphatic carbocycles. The van der Waals surface area contributed by atoms with E-state index >= 15 is 0 Å². The number of nitrogens with one attached hydrogen (secondary N) is 1. The first-order valence-corrected chi connectivity index (χ1v) is 23.1. The molecular formula is C46H76NO10P. The number of aliphatic carboxylic acids is 1. The van der Waals surface area contributed by atoms with Gasteiger partial charge in [0.2, 0.25) is 5.91 Å². The predicted octanol–water partition coefficient (Wildman–Crippen LogP) is 11.1. The first-order chi connectivity index (χ1) is 28.1. The third kappa shape index (κ3) is 39.5. The Morgan fingerprint density at radius 2 is 1.00 bits per heavy atom. The first-order valence-electron chi connectivity index (χ1n) is 21.6. The molecule has 4 N–H and O–H groups in total. The number of rotatable bonds is 39. The Morgan fingerprint density at radius 3 is 1.52 bits per heavy atom. The number of aliphatic hydroxyl groups is 1. The molecule has 0 aliphatic heterocycles. The number of hydrogen-bond donors (Lipinski definition) is 4. The first kappa shape index (κ1) is 54.7. The van der Waals surface area contributed by atoms with E-state index in [-0.39, 0.29) is 12.8 Å². The second-order valence-corrected chi connectivity index (χ2v) is 15.6. The van der Waals surface area contributed by atoms with Crippen LogP contribution in [-0.2, 0) is 32.7 Å². The van der Waals surface area contributed by atoms with Crippen molar-refractivity contribution in [3.63, 3.8) is 0 Å². The summed E-state index contributed by atoms with van der Waals surface area (Å²) in [7, 11) is -4.77. The minimum atomic E-state index is -4.77. The zero-order valence-electron chi connectivity index (χ0n) is 35.6. The monoisotopic (exact) mass is 834 g/mol. The van der Waals surface area contributed by atoms with Crippen molar-refractivity contribution in [2.24, 2.45) is 0 Å². The standard InChI is InChI=1S/C46H76NO10P/c1-3-5-7-9-11-13-15-17-19-20-21-22-24-25-27-29-31-33-35-37-44(49)47-43(46(51)52)41-57-58(53,54)56-40-42(48)39-55-45(50)38-36-34-32-30-28-26-23-18-16-14-12-10-8-6-4-2/h6,8,11-14,17-19,21-23,25,27,42-43,48H,3-5,7,9-10,15-16,20,24,26,28-41H2,1-2H3,(H,47,49)(H,51,52)(H,53,54)/b8-6-,13-11-,14-12-,19-17-,22-21-,23-18-,27-25-. The van der Waals surface area contributed by atoms with Crippen molar-refractivity contribution in [3.8, 4) is 0 Å². The number of unbranched alkanes of at least 4 members (excludes halogenated alkanes) is 11. The van der Waals surface area contributed by atoms with E-state index in [4.69, 9.17) is 13.8 Å². The third-order valence-corrected chi connectivity index (χ3v) is 9.62. The molecule has 58 heavy (non-hydrogen) atoms. The average molecular weight is 834 g/mol. The minimum Gasteiger partial charge on any atom is -0.480 e. The molecule has 1 amide bonds. The van der Waals surface area contributed by atoms with E-state index in [1.165, 1.54) is 19.3 Å². The van der Waals surface area contributed by atoms with Gasteiger partial charge in [-0.15, -0.1) is 0 Å². The molecule has 0 aromatic rings. The van der Waals surface area contributed by atoms with E-state index in [0.717, 1.165) is 96.3 Å². The van der Waals surface area contributed by atoms with Gasteiger partial charge in [-0.05, 0) is 89.9 Å². The summed E-state index contributed by atoms with van der Waals surface area (Å²) < 4.78 is 26.8. The molecule has 0 heterocycles. The summed E-state index contributed by atoms with van der Waals surface area (Å²) in [6.45, 7) is 2.39. The summed E-state index contributed by atoms with van der Waals surface area (Å²) in [6, 6.07) is -1.57. The maximum atomic E-state index is 12.3. The number of carboxylic acids is 1. The van der Waals surface area contributed by atoms with Gasteiger partial charge in [-0.2, -0.15) is 0 Å². The maximum Gasteiger partial charge on any atom is 0.472 e. The SMILES string of the molecule is CC/C=C\C/C=C\C/C=C\CCCCCCCC(=O)OCC(O)COP(=O)(O)OCC(NC(=O)CCCCC/C=C\C/C=C\C/C=C\C/C=C\CCCCC)C(=O)O. The van der Waals surface area contributed by atoms with Crippen LogP contribution in [0.3, 0.4) is 0 Å². The summed E-state index contributed by atoms with van der Waals surface area (Å²) in [5.41, 5.74) is 0. The number of hydrogen-bond acceptors (Lipinski definition) is 8. The van der Waals surface area contributed by atoms with Crippen LogP contribution in [0.5, 0.6) is 0 Å². The van der Waals surface area contributed by atoms with E-state index in [2.05, 4.69) is 104 Å². The van der Waals surface area contributed by atoms with Crippen LogP contribution in [0, 0.1) is 0 Å². The molecule has 0 aromatic carbocycles. The molecule has 0 rings (SSSR count). The van der Waals surface area contributed by atoms with Crippen molar-refractivity contribution in [2.45, 2.75) is 167 Å². The molecule has 0 fully saturated rings. The van der Waals surface area contributed by atoms with Gasteiger partial charge in [-0.1, -0.05) is 137 Å². The van der Waals surface area contributed by atoms with E-state index in [0.29, 0.717) is 12.8 Å². The molecule has 12 heteroatoms. The summed E-state index contributed by atoms with van der Waals surface area (Å²) in [5, 5.41) is 21.8. The zero-order valence-corrected chi connectivity index (χ0v) is 36.5. The van der Waals surface area contributed by atoms with Gasteiger partial charge in [0.25, 0.3) is 0 Å². The number of allylic oxidation sites excluding steroid dienone is 14. The van der Waals surface area contributed by atoms with Gasteiger partial charge in [0.05, 0.1) is 13.2 Å². The molecule has 0 saturated heterocycles. The molecular weight excluding hydrogens is 757 g/mol. The lowest BCUT2D eigenvalue weighted by Crippen LogP contribution is -2.43. The number of esters is 1. The van der Waals surface area contributed by atoms with Crippen LogP contribution < -0.4 is 5.32 Å². The van der Waals surface area contributed by atoms with Crippen LogP contribution >= 0.6 is 7.82 Å². The Bertz CT molecular complexity index is 1300. The van der Waals surface area contributed by atoms with Gasteiger partial charge in [-0.3, -0.25) is 18.6 Å². The molecule has 0 aromatic heterocycles. The van der Waals surface area contributed by atoms with Gasteiger partial charge >= 0.3 is 19.8 Å². The normalized spacial score (nSPS) is 14.6. The quantitative estimate of drug-likeness (QED) is 0.0202. The highest BCUT2D eigenvalue weighted by molar-refractivity contribution is 7.47. The van der Waals surface area contributed by atoms with Gasteiger partial charge in [0.1, 0.15) is 12.7 Å². The number of carboxylic acid groups (broad SMARTS) is 1. The Balaban J connectivity index is 4.01. The number of aliphatic hydroxyl groups excluding tert-OH is 1. The fourth-order valence-electron chi connectivity index (χ4n) is 5.31.